The zero-order valence-corrected chi connectivity index (χ0v) is 18.1. The van der Waals surface area contributed by atoms with Gasteiger partial charge in [0.05, 0.1) is 19.1 Å². The molecular formula is C21H19ClN2O5S. The van der Waals surface area contributed by atoms with Crippen LogP contribution in [-0.4, -0.2) is 42.7 Å². The molecule has 1 heterocycles. The first-order valence-electron chi connectivity index (χ1n) is 8.85. The minimum Gasteiger partial charge on any atom is -0.493 e. The molecule has 0 spiro atoms. The molecule has 0 radical (unpaired) electrons. The normalized spacial score (nSPS) is 14.9. The number of hydrogen-bond acceptors (Lipinski definition) is 6. The van der Waals surface area contributed by atoms with Gasteiger partial charge in [-0.2, -0.15) is 0 Å². The molecular weight excluding hydrogens is 428 g/mol. The molecule has 1 aliphatic heterocycles. The van der Waals surface area contributed by atoms with Crippen molar-refractivity contribution in [3.8, 4) is 11.5 Å². The molecule has 9 heteroatoms. The summed E-state index contributed by atoms with van der Waals surface area (Å²) >= 11 is 6.68. The van der Waals surface area contributed by atoms with Crippen LogP contribution in [0.3, 0.4) is 0 Å². The van der Waals surface area contributed by atoms with Crippen molar-refractivity contribution in [3.63, 3.8) is 0 Å². The first kappa shape index (κ1) is 21.7. The fourth-order valence-electron chi connectivity index (χ4n) is 2.84. The van der Waals surface area contributed by atoms with E-state index in [1.807, 2.05) is 6.92 Å². The zero-order valence-electron chi connectivity index (χ0n) is 16.5. The molecule has 0 bridgehead atoms. The van der Waals surface area contributed by atoms with Crippen LogP contribution in [0.2, 0.25) is 5.02 Å². The third-order valence-electron chi connectivity index (χ3n) is 4.34. The highest BCUT2D eigenvalue weighted by Crippen LogP contribution is 2.35. The lowest BCUT2D eigenvalue weighted by Gasteiger charge is -2.13. The third-order valence-corrected chi connectivity index (χ3v) is 5.48. The summed E-state index contributed by atoms with van der Waals surface area (Å²) in [5.41, 5.74) is 2.04. The summed E-state index contributed by atoms with van der Waals surface area (Å²) in [6, 6.07) is 10.1. The molecule has 30 heavy (non-hydrogen) atoms. The predicted molar refractivity (Wildman–Crippen MR) is 117 cm³/mol. The second-order valence-corrected chi connectivity index (χ2v) is 7.82. The van der Waals surface area contributed by atoms with Crippen LogP contribution in [0.15, 0.2) is 41.3 Å². The van der Waals surface area contributed by atoms with Crippen LogP contribution in [0, 0.1) is 6.92 Å². The Morgan fingerprint density at radius 2 is 1.87 bits per heavy atom. The number of carbonyl (C=O) groups is 3. The van der Waals surface area contributed by atoms with Crippen molar-refractivity contribution in [1.29, 1.82) is 0 Å². The Kier molecular flexibility index (Phi) is 6.69. The number of thioether (sulfide) groups is 1. The number of ether oxygens (including phenoxy) is 2. The van der Waals surface area contributed by atoms with E-state index < -0.39 is 17.1 Å². The van der Waals surface area contributed by atoms with Crippen molar-refractivity contribution >= 4 is 52.2 Å². The van der Waals surface area contributed by atoms with Gasteiger partial charge in [-0.1, -0.05) is 17.7 Å². The topological polar surface area (TPSA) is 84.9 Å². The average Bonchev–Trinajstić information content (AvgIpc) is 2.96. The van der Waals surface area contributed by atoms with Crippen LogP contribution in [0.4, 0.5) is 10.5 Å². The highest BCUT2D eigenvalue weighted by Gasteiger charge is 2.36. The van der Waals surface area contributed by atoms with Gasteiger partial charge in [-0.15, -0.1) is 0 Å². The number of imide groups is 1. The Labute approximate surface area is 183 Å². The van der Waals surface area contributed by atoms with E-state index in [0.717, 1.165) is 22.2 Å². The molecule has 0 saturated carbocycles. The minimum absolute atomic E-state index is 0.228. The number of benzene rings is 2. The lowest BCUT2D eigenvalue weighted by Crippen LogP contribution is -2.36. The van der Waals surface area contributed by atoms with E-state index in [-0.39, 0.29) is 11.4 Å². The van der Waals surface area contributed by atoms with E-state index in [2.05, 4.69) is 5.32 Å². The third kappa shape index (κ3) is 4.77. The van der Waals surface area contributed by atoms with Gasteiger partial charge in [-0.05, 0) is 66.2 Å². The van der Waals surface area contributed by atoms with Crippen molar-refractivity contribution in [3.05, 3.63) is 57.5 Å². The summed E-state index contributed by atoms with van der Waals surface area (Å²) in [4.78, 5) is 38.4. The van der Waals surface area contributed by atoms with Gasteiger partial charge in [0.2, 0.25) is 5.91 Å². The Bertz CT molecular complexity index is 1050. The second kappa shape index (κ2) is 9.23. The van der Waals surface area contributed by atoms with Crippen LogP contribution in [0.1, 0.15) is 11.1 Å². The van der Waals surface area contributed by atoms with Crippen LogP contribution in [0.5, 0.6) is 11.5 Å². The lowest BCUT2D eigenvalue weighted by atomic mass is 10.1. The first-order valence-corrected chi connectivity index (χ1v) is 10.0. The van der Waals surface area contributed by atoms with Crippen molar-refractivity contribution in [2.45, 2.75) is 6.92 Å². The first-order chi connectivity index (χ1) is 14.3. The van der Waals surface area contributed by atoms with Crippen LogP contribution >= 0.6 is 23.4 Å². The molecule has 7 nitrogen and oxygen atoms in total. The summed E-state index contributed by atoms with van der Waals surface area (Å²) in [5.74, 6) is 0.0518. The van der Waals surface area contributed by atoms with E-state index in [0.29, 0.717) is 27.8 Å². The van der Waals surface area contributed by atoms with E-state index in [1.54, 1.807) is 42.5 Å². The van der Waals surface area contributed by atoms with Crippen LogP contribution in [-0.2, 0) is 9.59 Å². The van der Waals surface area contributed by atoms with E-state index in [1.165, 1.54) is 14.2 Å². The molecule has 1 aliphatic rings. The highest BCUT2D eigenvalue weighted by atomic mass is 35.5. The van der Waals surface area contributed by atoms with Gasteiger partial charge >= 0.3 is 0 Å². The quantitative estimate of drug-likeness (QED) is 0.664. The number of methoxy groups -OCH3 is 2. The number of amides is 3. The molecule has 156 valence electrons. The van der Waals surface area contributed by atoms with Crippen molar-refractivity contribution in [2.24, 2.45) is 0 Å². The summed E-state index contributed by atoms with van der Waals surface area (Å²) in [5, 5.41) is 2.58. The maximum Gasteiger partial charge on any atom is 0.294 e. The summed E-state index contributed by atoms with van der Waals surface area (Å²) < 4.78 is 10.6. The van der Waals surface area contributed by atoms with Gasteiger partial charge in [0.1, 0.15) is 6.54 Å². The summed E-state index contributed by atoms with van der Waals surface area (Å²) in [6.07, 6.45) is 1.61. The van der Waals surface area contributed by atoms with E-state index >= 15 is 0 Å². The Hall–Kier alpha value is -2.97. The van der Waals surface area contributed by atoms with Crippen molar-refractivity contribution in [2.75, 3.05) is 26.1 Å². The largest absolute Gasteiger partial charge is 0.493 e. The number of rotatable bonds is 6. The predicted octanol–water partition coefficient (Wildman–Crippen LogP) is 4.34. The van der Waals surface area contributed by atoms with Crippen LogP contribution < -0.4 is 14.8 Å². The molecule has 3 amide bonds. The van der Waals surface area contributed by atoms with Crippen molar-refractivity contribution < 1.29 is 23.9 Å². The molecule has 3 rings (SSSR count). The zero-order chi connectivity index (χ0) is 21.8. The monoisotopic (exact) mass is 446 g/mol. The average molecular weight is 447 g/mol. The van der Waals surface area contributed by atoms with Gasteiger partial charge in [0.15, 0.2) is 11.5 Å². The summed E-state index contributed by atoms with van der Waals surface area (Å²) in [6.45, 7) is 1.47. The molecule has 0 atom stereocenters. The fraction of sp³-hybridized carbons (Fsp3) is 0.190. The number of hydrogen-bond donors (Lipinski definition) is 1. The number of halogens is 1. The van der Waals surface area contributed by atoms with Gasteiger partial charge in [0.25, 0.3) is 11.1 Å². The molecule has 0 aliphatic carbocycles. The van der Waals surface area contributed by atoms with Crippen molar-refractivity contribution in [1.82, 2.24) is 4.90 Å². The maximum atomic E-state index is 12.7. The molecule has 0 aromatic heterocycles. The Balaban J connectivity index is 1.77. The Morgan fingerprint density at radius 1 is 1.17 bits per heavy atom. The number of anilines is 1. The smallest absolute Gasteiger partial charge is 0.294 e. The minimum atomic E-state index is -0.527. The van der Waals surface area contributed by atoms with Gasteiger partial charge in [-0.3, -0.25) is 19.3 Å². The Morgan fingerprint density at radius 3 is 2.53 bits per heavy atom. The second-order valence-electron chi connectivity index (χ2n) is 6.39. The number of aryl methyl sites for hydroxylation is 1. The van der Waals surface area contributed by atoms with Gasteiger partial charge in [-0.25, -0.2) is 0 Å². The molecule has 2 aromatic carbocycles. The molecule has 0 unspecified atom stereocenters. The maximum absolute atomic E-state index is 12.7. The standard InChI is InChI=1S/C21H19ClN2O5S/c1-12-7-16(28-2)17(29-3)8-13(12)9-18-20(26)24(21(27)30-18)11-19(25)23-15-6-4-5-14(22)10-15/h4-10H,11H2,1-3H3,(H,23,25). The molecule has 1 fully saturated rings. The molecule has 2 aromatic rings. The van der Waals surface area contributed by atoms with Crippen LogP contribution in [0.25, 0.3) is 6.08 Å². The molecule has 1 saturated heterocycles. The number of carbonyl (C=O) groups excluding carboxylic acids is 3. The van der Waals surface area contributed by atoms with E-state index in [9.17, 15) is 14.4 Å². The highest BCUT2D eigenvalue weighted by molar-refractivity contribution is 8.18. The van der Waals surface area contributed by atoms with Gasteiger partial charge < -0.3 is 14.8 Å². The van der Waals surface area contributed by atoms with Gasteiger partial charge in [0, 0.05) is 10.7 Å². The summed E-state index contributed by atoms with van der Waals surface area (Å²) in [7, 11) is 3.06. The fourth-order valence-corrected chi connectivity index (χ4v) is 3.86. The number of nitrogens with one attached hydrogen (secondary N) is 1. The van der Waals surface area contributed by atoms with E-state index in [4.69, 9.17) is 21.1 Å². The SMILES string of the molecule is COc1cc(C)c(C=C2SC(=O)N(CC(=O)Nc3cccc(Cl)c3)C2=O)cc1OC. The lowest BCUT2D eigenvalue weighted by molar-refractivity contribution is -0.127. The molecule has 1 N–H and O–H groups in total. The number of nitrogens with zero attached hydrogens (tertiary/aromatic N) is 1.